The molecule has 0 aliphatic heterocycles. The van der Waals surface area contributed by atoms with Gasteiger partial charge in [-0.05, 0) is 18.1 Å². The first-order chi connectivity index (χ1) is 11.4. The highest BCUT2D eigenvalue weighted by molar-refractivity contribution is 7.98. The van der Waals surface area contributed by atoms with E-state index in [1.54, 1.807) is 11.8 Å². The van der Waals surface area contributed by atoms with Gasteiger partial charge in [-0.1, -0.05) is 0 Å². The number of nitrogens with zero attached hydrogens (tertiary/aromatic N) is 1. The molecule has 0 spiro atoms. The van der Waals surface area contributed by atoms with Crippen LogP contribution in [-0.4, -0.2) is 43.4 Å². The molecule has 0 aliphatic carbocycles. The van der Waals surface area contributed by atoms with Gasteiger partial charge in [-0.15, -0.1) is 0 Å². The Morgan fingerprint density at radius 1 is 1.29 bits per heavy atom. The lowest BCUT2D eigenvalue weighted by molar-refractivity contribution is -0.386. The molecule has 1 unspecified atom stereocenters. The lowest BCUT2D eigenvalue weighted by Gasteiger charge is -2.18. The number of ether oxygens (including phenoxy) is 4. The zero-order valence-corrected chi connectivity index (χ0v) is 14.9. The van der Waals surface area contributed by atoms with Gasteiger partial charge in [0.1, 0.15) is 0 Å². The molecule has 1 atom stereocenters. The zero-order valence-electron chi connectivity index (χ0n) is 14.1. The van der Waals surface area contributed by atoms with Gasteiger partial charge in [0.05, 0.1) is 37.4 Å². The molecule has 134 valence electrons. The van der Waals surface area contributed by atoms with Crippen LogP contribution in [-0.2, 0) is 20.9 Å². The smallest absolute Gasteiger partial charge is 0.304 e. The number of thioether (sulfide) groups is 1. The van der Waals surface area contributed by atoms with Crippen LogP contribution in [0.25, 0.3) is 0 Å². The maximum absolute atomic E-state index is 11.2. The molecule has 0 aromatic heterocycles. The first kappa shape index (κ1) is 20.0. The van der Waals surface area contributed by atoms with Crippen molar-refractivity contribution >= 4 is 23.4 Å². The highest BCUT2D eigenvalue weighted by Gasteiger charge is 2.21. The normalized spacial score (nSPS) is 11.7. The van der Waals surface area contributed by atoms with Crippen molar-refractivity contribution in [2.45, 2.75) is 26.2 Å². The summed E-state index contributed by atoms with van der Waals surface area (Å²) in [6, 6.07) is 2.76. The van der Waals surface area contributed by atoms with Gasteiger partial charge in [0.15, 0.2) is 11.5 Å². The first-order valence-corrected chi connectivity index (χ1v) is 8.49. The van der Waals surface area contributed by atoms with E-state index in [4.69, 9.17) is 18.9 Å². The Kier molecular flexibility index (Phi) is 8.34. The van der Waals surface area contributed by atoms with Gasteiger partial charge in [-0.2, -0.15) is 11.8 Å². The molecule has 1 aromatic carbocycles. The minimum absolute atomic E-state index is 0.0943. The van der Waals surface area contributed by atoms with Gasteiger partial charge >= 0.3 is 5.97 Å². The van der Waals surface area contributed by atoms with Gasteiger partial charge in [-0.25, -0.2) is 0 Å². The average molecular weight is 359 g/mol. The summed E-state index contributed by atoms with van der Waals surface area (Å²) in [4.78, 5) is 21.9. The average Bonchev–Trinajstić information content (AvgIpc) is 2.55. The van der Waals surface area contributed by atoms with Gasteiger partial charge in [-0.3, -0.25) is 14.9 Å². The summed E-state index contributed by atoms with van der Waals surface area (Å²) >= 11 is 1.58. The number of esters is 1. The largest absolute Gasteiger partial charge is 0.493 e. The predicted octanol–water partition coefficient (Wildman–Crippen LogP) is 2.77. The monoisotopic (exact) mass is 359 g/mol. The van der Waals surface area contributed by atoms with Crippen molar-refractivity contribution in [3.05, 3.63) is 27.8 Å². The van der Waals surface area contributed by atoms with Crippen LogP contribution in [0, 0.1) is 10.1 Å². The van der Waals surface area contributed by atoms with Crippen LogP contribution < -0.4 is 9.47 Å². The van der Waals surface area contributed by atoms with E-state index in [-0.39, 0.29) is 18.0 Å². The Bertz CT molecular complexity index is 579. The highest BCUT2D eigenvalue weighted by atomic mass is 32.2. The predicted molar refractivity (Wildman–Crippen MR) is 89.5 cm³/mol. The van der Waals surface area contributed by atoms with Crippen molar-refractivity contribution in [1.29, 1.82) is 0 Å². The zero-order chi connectivity index (χ0) is 18.1. The summed E-state index contributed by atoms with van der Waals surface area (Å²) in [5.74, 6) is 0.871. The standard InChI is InChI=1S/C15H21NO7S/c1-10(17)23-15(5-6-24-4)22-9-11-7-13(20-2)14(21-3)8-12(11)16(18)19/h7-8,15H,5-6,9H2,1-4H3. The second-order valence-electron chi connectivity index (χ2n) is 4.72. The Hall–Kier alpha value is -2.00. The van der Waals surface area contributed by atoms with Crippen molar-refractivity contribution in [3.8, 4) is 11.5 Å². The minimum Gasteiger partial charge on any atom is -0.493 e. The summed E-state index contributed by atoms with van der Waals surface area (Å²) in [5, 5.41) is 11.2. The molecule has 0 bridgehead atoms. The Morgan fingerprint density at radius 2 is 1.92 bits per heavy atom. The fourth-order valence-electron chi connectivity index (χ4n) is 1.95. The van der Waals surface area contributed by atoms with Crippen LogP contribution in [0.2, 0.25) is 0 Å². The summed E-state index contributed by atoms with van der Waals surface area (Å²) in [7, 11) is 2.84. The molecule has 0 N–H and O–H groups in total. The van der Waals surface area contributed by atoms with E-state index in [2.05, 4.69) is 0 Å². The summed E-state index contributed by atoms with van der Waals surface area (Å²) in [6.07, 6.45) is 1.65. The SMILES string of the molecule is COc1cc(COC(CCSC)OC(C)=O)c([N+](=O)[O-])cc1OC. The second-order valence-corrected chi connectivity index (χ2v) is 5.71. The third-order valence-corrected chi connectivity index (χ3v) is 3.71. The van der Waals surface area contributed by atoms with Gasteiger partial charge in [0.2, 0.25) is 6.29 Å². The summed E-state index contributed by atoms with van der Waals surface area (Å²) < 4.78 is 20.9. The van der Waals surface area contributed by atoms with Crippen LogP contribution in [0.3, 0.4) is 0 Å². The lowest BCUT2D eigenvalue weighted by Crippen LogP contribution is -2.21. The van der Waals surface area contributed by atoms with E-state index in [1.165, 1.54) is 33.3 Å². The number of rotatable bonds is 10. The van der Waals surface area contributed by atoms with Gasteiger partial charge in [0.25, 0.3) is 5.69 Å². The molecule has 9 heteroatoms. The third kappa shape index (κ3) is 5.89. The first-order valence-electron chi connectivity index (χ1n) is 7.10. The molecule has 8 nitrogen and oxygen atoms in total. The fourth-order valence-corrected chi connectivity index (χ4v) is 2.38. The summed E-state index contributed by atoms with van der Waals surface area (Å²) in [6.45, 7) is 1.19. The Labute approximate surface area is 144 Å². The second kappa shape index (κ2) is 9.99. The molecule has 24 heavy (non-hydrogen) atoms. The van der Waals surface area contributed by atoms with E-state index in [9.17, 15) is 14.9 Å². The van der Waals surface area contributed by atoms with Crippen LogP contribution in [0.15, 0.2) is 12.1 Å². The van der Waals surface area contributed by atoms with Gasteiger partial charge < -0.3 is 18.9 Å². The molecule has 0 amide bonds. The molecule has 0 heterocycles. The third-order valence-electron chi connectivity index (χ3n) is 3.06. The van der Waals surface area contributed by atoms with Crippen molar-refractivity contribution in [2.24, 2.45) is 0 Å². The van der Waals surface area contributed by atoms with Crippen molar-refractivity contribution in [2.75, 3.05) is 26.2 Å². The maximum Gasteiger partial charge on any atom is 0.304 e. The number of benzene rings is 1. The van der Waals surface area contributed by atoms with Crippen LogP contribution in [0.4, 0.5) is 5.69 Å². The number of nitro groups is 1. The molecule has 1 aromatic rings. The van der Waals surface area contributed by atoms with E-state index >= 15 is 0 Å². The molecular formula is C15H21NO7S. The van der Waals surface area contributed by atoms with Gasteiger partial charge in [0, 0.05) is 13.3 Å². The maximum atomic E-state index is 11.2. The quantitative estimate of drug-likeness (QED) is 0.272. The number of carbonyl (C=O) groups excluding carboxylic acids is 1. The Balaban J connectivity index is 2.98. The Morgan fingerprint density at radius 3 is 2.42 bits per heavy atom. The number of methoxy groups -OCH3 is 2. The summed E-state index contributed by atoms with van der Waals surface area (Å²) in [5.41, 5.74) is 0.151. The van der Waals surface area contributed by atoms with Crippen molar-refractivity contribution < 1.29 is 28.7 Å². The minimum atomic E-state index is -0.761. The number of carbonyl (C=O) groups is 1. The van der Waals surface area contributed by atoms with Crippen LogP contribution >= 0.6 is 11.8 Å². The topological polar surface area (TPSA) is 97.1 Å². The van der Waals surface area contributed by atoms with E-state index in [0.29, 0.717) is 17.7 Å². The van der Waals surface area contributed by atoms with Crippen molar-refractivity contribution in [1.82, 2.24) is 0 Å². The lowest BCUT2D eigenvalue weighted by atomic mass is 10.1. The van der Waals surface area contributed by atoms with E-state index in [0.717, 1.165) is 5.75 Å². The van der Waals surface area contributed by atoms with Crippen molar-refractivity contribution in [3.63, 3.8) is 0 Å². The number of hydrogen-bond donors (Lipinski definition) is 0. The molecule has 0 aliphatic rings. The number of nitro benzene ring substituents is 1. The molecule has 0 saturated heterocycles. The van der Waals surface area contributed by atoms with E-state index < -0.39 is 17.2 Å². The van der Waals surface area contributed by atoms with Crippen LogP contribution in [0.1, 0.15) is 18.9 Å². The van der Waals surface area contributed by atoms with E-state index in [1.807, 2.05) is 6.26 Å². The molecular weight excluding hydrogens is 338 g/mol. The molecule has 0 saturated carbocycles. The molecule has 1 rings (SSSR count). The molecule has 0 radical (unpaired) electrons. The van der Waals surface area contributed by atoms with Crippen LogP contribution in [0.5, 0.6) is 11.5 Å². The number of hydrogen-bond acceptors (Lipinski definition) is 8. The molecule has 0 fully saturated rings. The fraction of sp³-hybridized carbons (Fsp3) is 0.533. The highest BCUT2D eigenvalue weighted by Crippen LogP contribution is 2.35.